The van der Waals surface area contributed by atoms with E-state index in [-0.39, 0.29) is 36.4 Å². The van der Waals surface area contributed by atoms with Crippen LogP contribution in [-0.4, -0.2) is 42.2 Å². The highest BCUT2D eigenvalue weighted by atomic mass is 19.4. The van der Waals surface area contributed by atoms with Crippen LogP contribution in [0, 0.1) is 0 Å². The zero-order chi connectivity index (χ0) is 17.6. The lowest BCUT2D eigenvalue weighted by Gasteiger charge is -2.12. The van der Waals surface area contributed by atoms with E-state index >= 15 is 0 Å². The van der Waals surface area contributed by atoms with Crippen LogP contribution in [0.4, 0.5) is 13.2 Å². The molecule has 0 atom stereocenters. The van der Waals surface area contributed by atoms with Crippen molar-refractivity contribution in [2.45, 2.75) is 37.9 Å². The van der Waals surface area contributed by atoms with Gasteiger partial charge in [0.1, 0.15) is 5.56 Å². The van der Waals surface area contributed by atoms with Crippen LogP contribution in [0.2, 0.25) is 0 Å². The van der Waals surface area contributed by atoms with Gasteiger partial charge < -0.3 is 15.4 Å². The molecule has 0 saturated heterocycles. The van der Waals surface area contributed by atoms with Gasteiger partial charge in [0.25, 0.3) is 5.91 Å². The molecule has 1 aromatic heterocycles. The molecule has 9 heteroatoms. The number of aromatic nitrogens is 1. The van der Waals surface area contributed by atoms with E-state index in [4.69, 9.17) is 0 Å². The minimum atomic E-state index is -4.51. The SMILES string of the molecule is O=C(CCCNC(=O)c1cccnc1OCC(F)(F)F)NC1CC1. The second-order valence-corrected chi connectivity index (χ2v) is 5.46. The number of alkyl halides is 3. The van der Waals surface area contributed by atoms with Crippen LogP contribution in [0.15, 0.2) is 18.3 Å². The van der Waals surface area contributed by atoms with E-state index in [0.717, 1.165) is 12.8 Å². The minimum absolute atomic E-state index is 0.0673. The molecule has 2 N–H and O–H groups in total. The van der Waals surface area contributed by atoms with E-state index in [2.05, 4.69) is 20.4 Å². The lowest BCUT2D eigenvalue weighted by Crippen LogP contribution is -2.29. The summed E-state index contributed by atoms with van der Waals surface area (Å²) in [5, 5.41) is 5.37. The van der Waals surface area contributed by atoms with Crippen molar-refractivity contribution in [3.8, 4) is 5.88 Å². The van der Waals surface area contributed by atoms with Crippen molar-refractivity contribution in [1.29, 1.82) is 0 Å². The molecule has 1 aliphatic carbocycles. The first-order valence-electron chi connectivity index (χ1n) is 7.57. The number of halogens is 3. The average Bonchev–Trinajstić information content (AvgIpc) is 3.33. The summed E-state index contributed by atoms with van der Waals surface area (Å²) < 4.78 is 41.2. The molecule has 0 bridgehead atoms. The number of nitrogens with zero attached hydrogens (tertiary/aromatic N) is 1. The lowest BCUT2D eigenvalue weighted by atomic mass is 10.2. The molecule has 1 aliphatic rings. The highest BCUT2D eigenvalue weighted by Crippen LogP contribution is 2.20. The molecule has 1 aromatic rings. The van der Waals surface area contributed by atoms with Crippen LogP contribution in [0.25, 0.3) is 0 Å². The molecule has 0 aliphatic heterocycles. The first-order chi connectivity index (χ1) is 11.3. The number of rotatable bonds is 8. The van der Waals surface area contributed by atoms with Gasteiger partial charge in [0.2, 0.25) is 11.8 Å². The predicted molar refractivity (Wildman–Crippen MR) is 78.5 cm³/mol. The molecule has 0 aromatic carbocycles. The second kappa shape index (κ2) is 7.98. The third kappa shape index (κ3) is 6.43. The number of carbonyl (C=O) groups is 2. The topological polar surface area (TPSA) is 80.3 Å². The Morgan fingerprint density at radius 3 is 2.75 bits per heavy atom. The Morgan fingerprint density at radius 1 is 1.33 bits per heavy atom. The summed E-state index contributed by atoms with van der Waals surface area (Å²) in [4.78, 5) is 27.1. The fourth-order valence-corrected chi connectivity index (χ4v) is 1.90. The van der Waals surface area contributed by atoms with Crippen molar-refractivity contribution >= 4 is 11.8 Å². The third-order valence-corrected chi connectivity index (χ3v) is 3.20. The highest BCUT2D eigenvalue weighted by molar-refractivity contribution is 5.96. The summed E-state index contributed by atoms with van der Waals surface area (Å²) in [5.74, 6) is -1.04. The van der Waals surface area contributed by atoms with Gasteiger partial charge in [0.15, 0.2) is 6.61 Å². The number of nitrogens with one attached hydrogen (secondary N) is 2. The number of hydrogen-bond acceptors (Lipinski definition) is 4. The van der Waals surface area contributed by atoms with Crippen LogP contribution in [0.1, 0.15) is 36.0 Å². The van der Waals surface area contributed by atoms with Gasteiger partial charge in [-0.3, -0.25) is 9.59 Å². The third-order valence-electron chi connectivity index (χ3n) is 3.20. The maximum Gasteiger partial charge on any atom is 0.422 e. The number of amides is 2. The second-order valence-electron chi connectivity index (χ2n) is 5.46. The number of ether oxygens (including phenoxy) is 1. The number of hydrogen-bond donors (Lipinski definition) is 2. The van der Waals surface area contributed by atoms with Crippen LogP contribution in [0.3, 0.4) is 0 Å². The molecule has 2 amide bonds. The maximum absolute atomic E-state index is 12.2. The molecule has 6 nitrogen and oxygen atoms in total. The van der Waals surface area contributed by atoms with Gasteiger partial charge in [0, 0.05) is 25.2 Å². The van der Waals surface area contributed by atoms with E-state index in [1.807, 2.05) is 0 Å². The van der Waals surface area contributed by atoms with Gasteiger partial charge in [0.05, 0.1) is 0 Å². The molecule has 132 valence electrons. The van der Waals surface area contributed by atoms with E-state index in [9.17, 15) is 22.8 Å². The van der Waals surface area contributed by atoms with Crippen LogP contribution in [0.5, 0.6) is 5.88 Å². The van der Waals surface area contributed by atoms with Crippen molar-refractivity contribution in [3.05, 3.63) is 23.9 Å². The van der Waals surface area contributed by atoms with Crippen LogP contribution in [-0.2, 0) is 4.79 Å². The molecule has 0 unspecified atom stereocenters. The van der Waals surface area contributed by atoms with Crippen molar-refractivity contribution < 1.29 is 27.5 Å². The zero-order valence-corrected chi connectivity index (χ0v) is 12.9. The maximum atomic E-state index is 12.2. The molecule has 1 fully saturated rings. The highest BCUT2D eigenvalue weighted by Gasteiger charge is 2.29. The smallest absolute Gasteiger partial charge is 0.422 e. The molecule has 2 rings (SSSR count). The van der Waals surface area contributed by atoms with E-state index in [1.54, 1.807) is 0 Å². The molecule has 1 saturated carbocycles. The van der Waals surface area contributed by atoms with Gasteiger partial charge in [-0.2, -0.15) is 13.2 Å². The molecule has 24 heavy (non-hydrogen) atoms. The Kier molecular flexibility index (Phi) is 5.99. The molecule has 1 heterocycles. The monoisotopic (exact) mass is 345 g/mol. The zero-order valence-electron chi connectivity index (χ0n) is 12.9. The number of carbonyl (C=O) groups excluding carboxylic acids is 2. The van der Waals surface area contributed by atoms with Gasteiger partial charge in [-0.1, -0.05) is 0 Å². The summed E-state index contributed by atoms with van der Waals surface area (Å²) >= 11 is 0. The lowest BCUT2D eigenvalue weighted by molar-refractivity contribution is -0.154. The van der Waals surface area contributed by atoms with E-state index in [0.29, 0.717) is 6.42 Å². The largest absolute Gasteiger partial charge is 0.467 e. The normalized spacial score (nSPS) is 14.1. The molecule has 0 spiro atoms. The van der Waals surface area contributed by atoms with Gasteiger partial charge in [-0.15, -0.1) is 0 Å². The van der Waals surface area contributed by atoms with Crippen molar-refractivity contribution in [2.24, 2.45) is 0 Å². The summed E-state index contributed by atoms with van der Waals surface area (Å²) in [6.07, 6.45) is -0.552. The predicted octanol–water partition coefficient (Wildman–Crippen LogP) is 1.81. The Bertz CT molecular complexity index is 589. The van der Waals surface area contributed by atoms with E-state index < -0.39 is 18.7 Å². The summed E-state index contributed by atoms with van der Waals surface area (Å²) in [6.45, 7) is -1.30. The fourth-order valence-electron chi connectivity index (χ4n) is 1.90. The summed E-state index contributed by atoms with van der Waals surface area (Å²) in [5.41, 5.74) is -0.0795. The fraction of sp³-hybridized carbons (Fsp3) is 0.533. The number of pyridine rings is 1. The summed E-state index contributed by atoms with van der Waals surface area (Å²) in [7, 11) is 0. The van der Waals surface area contributed by atoms with Gasteiger partial charge in [-0.25, -0.2) is 4.98 Å². The van der Waals surface area contributed by atoms with Crippen molar-refractivity contribution in [1.82, 2.24) is 15.6 Å². The average molecular weight is 345 g/mol. The molecular weight excluding hydrogens is 327 g/mol. The Balaban J connectivity index is 1.77. The van der Waals surface area contributed by atoms with Crippen molar-refractivity contribution in [2.75, 3.05) is 13.2 Å². The van der Waals surface area contributed by atoms with Crippen LogP contribution < -0.4 is 15.4 Å². The molecular formula is C15H18F3N3O3. The Labute approximate surface area is 136 Å². The van der Waals surface area contributed by atoms with Crippen LogP contribution >= 0.6 is 0 Å². The first kappa shape index (κ1) is 18.0. The van der Waals surface area contributed by atoms with E-state index in [1.165, 1.54) is 18.3 Å². The Morgan fingerprint density at radius 2 is 2.08 bits per heavy atom. The van der Waals surface area contributed by atoms with Gasteiger partial charge in [-0.05, 0) is 31.4 Å². The van der Waals surface area contributed by atoms with Gasteiger partial charge >= 0.3 is 6.18 Å². The quantitative estimate of drug-likeness (QED) is 0.704. The van der Waals surface area contributed by atoms with Crippen molar-refractivity contribution in [3.63, 3.8) is 0 Å². The Hall–Kier alpha value is -2.32. The summed E-state index contributed by atoms with van der Waals surface area (Å²) in [6, 6.07) is 3.04. The standard InChI is InChI=1S/C15H18F3N3O3/c16-15(17,18)9-24-14-11(3-1-8-20-14)13(23)19-7-2-4-12(22)21-10-5-6-10/h1,3,8,10H,2,4-7,9H2,(H,19,23)(H,21,22). The molecule has 0 radical (unpaired) electrons. The minimum Gasteiger partial charge on any atom is -0.467 e. The first-order valence-corrected chi connectivity index (χ1v) is 7.57.